The number of ether oxygens (including phenoxy) is 1. The average Bonchev–Trinajstić information content (AvgIpc) is 2.46. The van der Waals surface area contributed by atoms with E-state index in [2.05, 4.69) is 15.9 Å². The van der Waals surface area contributed by atoms with E-state index in [4.69, 9.17) is 4.74 Å². The van der Waals surface area contributed by atoms with Crippen molar-refractivity contribution in [2.45, 2.75) is 49.4 Å². The van der Waals surface area contributed by atoms with E-state index >= 15 is 0 Å². The van der Waals surface area contributed by atoms with Crippen LogP contribution in [-0.4, -0.2) is 43.4 Å². The number of nitrogens with zero attached hydrogens (tertiary/aromatic N) is 1. The lowest BCUT2D eigenvalue weighted by molar-refractivity contribution is 0.0219. The molecule has 1 aromatic carbocycles. The summed E-state index contributed by atoms with van der Waals surface area (Å²) in [6, 6.07) is 6.77. The van der Waals surface area contributed by atoms with Crippen LogP contribution in [0.2, 0.25) is 0 Å². The summed E-state index contributed by atoms with van der Waals surface area (Å²) in [5.41, 5.74) is -0.592. The predicted octanol–water partition coefficient (Wildman–Crippen LogP) is 3.62. The molecule has 1 heterocycles. The molecule has 2 rings (SSSR count). The van der Waals surface area contributed by atoms with Crippen molar-refractivity contribution >= 4 is 31.9 Å². The Balaban J connectivity index is 2.18. The Kier molecular flexibility index (Phi) is 5.41. The molecule has 5 nitrogen and oxygen atoms in total. The highest BCUT2D eigenvalue weighted by atomic mass is 79.9. The Labute approximate surface area is 146 Å². The van der Waals surface area contributed by atoms with Crippen molar-refractivity contribution in [2.75, 3.05) is 13.1 Å². The number of halogens is 1. The third-order valence-corrected chi connectivity index (χ3v) is 6.80. The largest absolute Gasteiger partial charge is 0.444 e. The van der Waals surface area contributed by atoms with Gasteiger partial charge in [0.25, 0.3) is 0 Å². The Morgan fingerprint density at radius 3 is 2.57 bits per heavy atom. The molecule has 7 heteroatoms. The Morgan fingerprint density at radius 2 is 1.96 bits per heavy atom. The standard InChI is InChI=1S/C16H22BrNO4S/c1-16(2,3)22-15(19)18-10-6-7-12(11-18)23(20,21)14-9-5-4-8-13(14)17/h4-5,8-9,12H,6-7,10-11H2,1-3H3. The number of sulfone groups is 1. The normalized spacial score (nSPS) is 19.5. The highest BCUT2D eigenvalue weighted by Crippen LogP contribution is 2.29. The van der Waals surface area contributed by atoms with Gasteiger partial charge in [-0.15, -0.1) is 0 Å². The van der Waals surface area contributed by atoms with Crippen LogP contribution in [0, 0.1) is 0 Å². The number of amides is 1. The highest BCUT2D eigenvalue weighted by molar-refractivity contribution is 9.10. The van der Waals surface area contributed by atoms with Gasteiger partial charge in [0.05, 0.1) is 10.1 Å². The van der Waals surface area contributed by atoms with E-state index in [-0.39, 0.29) is 11.4 Å². The minimum Gasteiger partial charge on any atom is -0.444 e. The van der Waals surface area contributed by atoms with Crippen LogP contribution in [-0.2, 0) is 14.6 Å². The fourth-order valence-corrected chi connectivity index (χ4v) is 5.32. The fraction of sp³-hybridized carbons (Fsp3) is 0.562. The van der Waals surface area contributed by atoms with E-state index in [1.807, 2.05) is 0 Å². The van der Waals surface area contributed by atoms with E-state index in [9.17, 15) is 13.2 Å². The van der Waals surface area contributed by atoms with Gasteiger partial charge in [0.15, 0.2) is 9.84 Å². The molecular weight excluding hydrogens is 382 g/mol. The summed E-state index contributed by atoms with van der Waals surface area (Å²) in [5.74, 6) is 0. The Morgan fingerprint density at radius 1 is 1.30 bits per heavy atom. The SMILES string of the molecule is CC(C)(C)OC(=O)N1CCCC(S(=O)(=O)c2ccccc2Br)C1. The van der Waals surface area contributed by atoms with Crippen LogP contribution in [0.4, 0.5) is 4.79 Å². The molecule has 128 valence electrons. The zero-order valence-electron chi connectivity index (χ0n) is 13.6. The van der Waals surface area contributed by atoms with Crippen LogP contribution in [0.15, 0.2) is 33.6 Å². The van der Waals surface area contributed by atoms with Crippen LogP contribution >= 0.6 is 15.9 Å². The summed E-state index contributed by atoms with van der Waals surface area (Å²) in [6.45, 7) is 6.08. The molecule has 1 aliphatic rings. The molecular formula is C16H22BrNO4S. The second kappa shape index (κ2) is 6.81. The van der Waals surface area contributed by atoms with Gasteiger partial charge in [0.1, 0.15) is 5.60 Å². The summed E-state index contributed by atoms with van der Waals surface area (Å²) in [4.78, 5) is 14.0. The van der Waals surface area contributed by atoms with E-state index in [1.165, 1.54) is 4.90 Å². The van der Waals surface area contributed by atoms with Crippen LogP contribution in [0.25, 0.3) is 0 Å². The first-order valence-corrected chi connectivity index (χ1v) is 9.91. The van der Waals surface area contributed by atoms with E-state index < -0.39 is 26.8 Å². The fourth-order valence-electron chi connectivity index (χ4n) is 2.54. The molecule has 1 aliphatic heterocycles. The van der Waals surface area contributed by atoms with Crippen molar-refractivity contribution in [1.82, 2.24) is 4.90 Å². The molecule has 1 saturated heterocycles. The van der Waals surface area contributed by atoms with Gasteiger partial charge >= 0.3 is 6.09 Å². The number of likely N-dealkylation sites (tertiary alicyclic amines) is 1. The second-order valence-corrected chi connectivity index (χ2v) is 9.72. The predicted molar refractivity (Wildman–Crippen MR) is 92.2 cm³/mol. The summed E-state index contributed by atoms with van der Waals surface area (Å²) < 4.78 is 31.6. The van der Waals surface area contributed by atoms with Gasteiger partial charge in [-0.1, -0.05) is 12.1 Å². The van der Waals surface area contributed by atoms with E-state index in [0.717, 1.165) is 0 Å². The van der Waals surface area contributed by atoms with Gasteiger partial charge in [-0.05, 0) is 61.7 Å². The monoisotopic (exact) mass is 403 g/mol. The van der Waals surface area contributed by atoms with Gasteiger partial charge in [-0.2, -0.15) is 0 Å². The van der Waals surface area contributed by atoms with Crippen molar-refractivity contribution in [3.8, 4) is 0 Å². The molecule has 1 fully saturated rings. The number of carbonyl (C=O) groups excluding carboxylic acids is 1. The molecule has 23 heavy (non-hydrogen) atoms. The van der Waals surface area contributed by atoms with Crippen LogP contribution in [0.5, 0.6) is 0 Å². The lowest BCUT2D eigenvalue weighted by Crippen LogP contribution is -2.47. The first-order valence-electron chi connectivity index (χ1n) is 7.57. The van der Waals surface area contributed by atoms with Crippen LogP contribution in [0.1, 0.15) is 33.6 Å². The van der Waals surface area contributed by atoms with E-state index in [0.29, 0.717) is 23.9 Å². The Hall–Kier alpha value is -1.08. The third kappa shape index (κ3) is 4.47. The first-order chi connectivity index (χ1) is 10.6. The molecule has 0 N–H and O–H groups in total. The lowest BCUT2D eigenvalue weighted by atomic mass is 10.1. The Bertz CT molecular complexity index is 682. The number of benzene rings is 1. The molecule has 0 aliphatic carbocycles. The average molecular weight is 404 g/mol. The zero-order valence-corrected chi connectivity index (χ0v) is 16.0. The van der Waals surface area contributed by atoms with E-state index in [1.54, 1.807) is 45.0 Å². The number of carbonyl (C=O) groups is 1. The molecule has 1 amide bonds. The zero-order chi connectivity index (χ0) is 17.3. The number of piperidine rings is 1. The molecule has 0 spiro atoms. The third-order valence-electron chi connectivity index (χ3n) is 3.61. The van der Waals surface area contributed by atoms with Gasteiger partial charge in [-0.3, -0.25) is 0 Å². The van der Waals surface area contributed by atoms with Gasteiger partial charge in [-0.25, -0.2) is 13.2 Å². The molecule has 1 aromatic rings. The van der Waals surface area contributed by atoms with Crippen molar-refractivity contribution < 1.29 is 17.9 Å². The lowest BCUT2D eigenvalue weighted by Gasteiger charge is -2.33. The number of hydrogen-bond acceptors (Lipinski definition) is 4. The highest BCUT2D eigenvalue weighted by Gasteiger charge is 2.36. The molecule has 0 bridgehead atoms. The summed E-state index contributed by atoms with van der Waals surface area (Å²) in [6.07, 6.45) is 0.737. The second-order valence-electron chi connectivity index (χ2n) is 6.67. The van der Waals surface area contributed by atoms with Crippen LogP contribution in [0.3, 0.4) is 0 Å². The maximum Gasteiger partial charge on any atom is 0.410 e. The molecule has 0 radical (unpaired) electrons. The number of hydrogen-bond donors (Lipinski definition) is 0. The molecule has 1 atom stereocenters. The minimum absolute atomic E-state index is 0.165. The van der Waals surface area contributed by atoms with Crippen molar-refractivity contribution in [3.05, 3.63) is 28.7 Å². The van der Waals surface area contributed by atoms with Gasteiger partial charge in [0.2, 0.25) is 0 Å². The maximum atomic E-state index is 12.9. The summed E-state index contributed by atoms with van der Waals surface area (Å²) in [7, 11) is -3.50. The summed E-state index contributed by atoms with van der Waals surface area (Å²) >= 11 is 3.30. The molecule has 0 aromatic heterocycles. The number of rotatable bonds is 2. The van der Waals surface area contributed by atoms with Crippen molar-refractivity contribution in [1.29, 1.82) is 0 Å². The van der Waals surface area contributed by atoms with Crippen molar-refractivity contribution in [2.24, 2.45) is 0 Å². The van der Waals surface area contributed by atoms with Gasteiger partial charge in [0, 0.05) is 17.6 Å². The smallest absolute Gasteiger partial charge is 0.410 e. The maximum absolute atomic E-state index is 12.9. The van der Waals surface area contributed by atoms with Gasteiger partial charge < -0.3 is 9.64 Å². The topological polar surface area (TPSA) is 63.7 Å². The minimum atomic E-state index is -3.50. The molecule has 1 unspecified atom stereocenters. The molecule has 0 saturated carbocycles. The summed E-state index contributed by atoms with van der Waals surface area (Å²) in [5, 5.41) is -0.609. The quantitative estimate of drug-likeness (QED) is 0.755. The first kappa shape index (κ1) is 18.3. The van der Waals surface area contributed by atoms with Crippen molar-refractivity contribution in [3.63, 3.8) is 0 Å². The van der Waals surface area contributed by atoms with Crippen LogP contribution < -0.4 is 0 Å².